The zero-order chi connectivity index (χ0) is 16.3. The summed E-state index contributed by atoms with van der Waals surface area (Å²) >= 11 is 1.23. The maximum Gasteiger partial charge on any atom is 0.252 e. The summed E-state index contributed by atoms with van der Waals surface area (Å²) in [6.07, 6.45) is 0.431. The van der Waals surface area contributed by atoms with Gasteiger partial charge >= 0.3 is 0 Å². The molecule has 0 N–H and O–H groups in total. The van der Waals surface area contributed by atoms with Gasteiger partial charge in [0.1, 0.15) is 16.9 Å². The molecule has 5 nitrogen and oxygen atoms in total. The second-order valence-corrected chi connectivity index (χ2v) is 8.41. The van der Waals surface area contributed by atoms with Crippen molar-refractivity contribution in [2.24, 2.45) is 0 Å². The number of ether oxygens (including phenoxy) is 2. The monoisotopic (exact) mass is 353 g/mol. The molecule has 1 aliphatic heterocycles. The van der Waals surface area contributed by atoms with E-state index in [-0.39, 0.29) is 12.6 Å². The minimum absolute atomic E-state index is 0.280. The fourth-order valence-electron chi connectivity index (χ4n) is 2.48. The minimum Gasteiger partial charge on any atom is -0.486 e. The molecular weight excluding hydrogens is 334 g/mol. The van der Waals surface area contributed by atoms with Gasteiger partial charge in [0, 0.05) is 6.54 Å². The van der Waals surface area contributed by atoms with Crippen molar-refractivity contribution >= 4 is 21.4 Å². The first-order valence-corrected chi connectivity index (χ1v) is 9.85. The number of thiophene rings is 1. The number of benzene rings is 1. The summed E-state index contributed by atoms with van der Waals surface area (Å²) in [7, 11) is -3.48. The average Bonchev–Trinajstić information content (AvgIpc) is 3.09. The molecule has 3 rings (SSSR count). The molecule has 0 aliphatic carbocycles. The molecular formula is C16H19NO4S2. The summed E-state index contributed by atoms with van der Waals surface area (Å²) in [6.45, 7) is 3.05. The number of rotatable bonds is 6. The molecule has 0 fully saturated rings. The average molecular weight is 353 g/mol. The molecule has 2 aromatic rings. The van der Waals surface area contributed by atoms with Gasteiger partial charge in [0.25, 0.3) is 10.0 Å². The van der Waals surface area contributed by atoms with Crippen molar-refractivity contribution in [3.8, 4) is 11.5 Å². The first-order valence-electron chi connectivity index (χ1n) is 7.53. The molecule has 1 aromatic carbocycles. The second kappa shape index (κ2) is 6.90. The molecule has 0 unspecified atom stereocenters. The molecule has 0 radical (unpaired) electrons. The summed E-state index contributed by atoms with van der Waals surface area (Å²) < 4.78 is 38.9. The molecule has 124 valence electrons. The van der Waals surface area contributed by atoms with Gasteiger partial charge in [-0.2, -0.15) is 4.31 Å². The van der Waals surface area contributed by atoms with Crippen LogP contribution in [0, 0.1) is 0 Å². The van der Waals surface area contributed by atoms with Crippen LogP contribution in [0.2, 0.25) is 0 Å². The van der Waals surface area contributed by atoms with Crippen LogP contribution < -0.4 is 9.47 Å². The van der Waals surface area contributed by atoms with Gasteiger partial charge in [-0.3, -0.25) is 0 Å². The van der Waals surface area contributed by atoms with Crippen LogP contribution in [0.1, 0.15) is 13.3 Å². The maximum atomic E-state index is 12.7. The maximum absolute atomic E-state index is 12.7. The van der Waals surface area contributed by atoms with Crippen molar-refractivity contribution < 1.29 is 17.9 Å². The molecule has 0 bridgehead atoms. The van der Waals surface area contributed by atoms with Crippen LogP contribution in [-0.2, 0) is 10.0 Å². The third-order valence-electron chi connectivity index (χ3n) is 3.54. The van der Waals surface area contributed by atoms with E-state index in [1.54, 1.807) is 17.5 Å². The number of hydrogen-bond acceptors (Lipinski definition) is 5. The highest BCUT2D eigenvalue weighted by Crippen LogP contribution is 2.31. The zero-order valence-electron chi connectivity index (χ0n) is 12.8. The Kier molecular flexibility index (Phi) is 4.89. The van der Waals surface area contributed by atoms with E-state index in [0.29, 0.717) is 28.9 Å². The van der Waals surface area contributed by atoms with Crippen molar-refractivity contribution in [2.75, 3.05) is 19.7 Å². The van der Waals surface area contributed by atoms with E-state index >= 15 is 0 Å². The Balaban J connectivity index is 1.76. The quantitative estimate of drug-likeness (QED) is 0.801. The predicted octanol–water partition coefficient (Wildman–Crippen LogP) is 2.99. The second-order valence-electron chi connectivity index (χ2n) is 5.29. The molecule has 0 amide bonds. The van der Waals surface area contributed by atoms with Crippen molar-refractivity contribution in [3.05, 3.63) is 41.8 Å². The van der Waals surface area contributed by atoms with Crippen LogP contribution in [0.25, 0.3) is 0 Å². The van der Waals surface area contributed by atoms with Gasteiger partial charge in [0.15, 0.2) is 11.5 Å². The zero-order valence-corrected chi connectivity index (χ0v) is 14.5. The fraction of sp³-hybridized carbons (Fsp3) is 0.375. The molecule has 1 aliphatic rings. The Morgan fingerprint density at radius 2 is 2.00 bits per heavy atom. The molecule has 2 heterocycles. The number of fused-ring (bicyclic) bond motifs is 1. The summed E-state index contributed by atoms with van der Waals surface area (Å²) in [6, 6.07) is 10.8. The van der Waals surface area contributed by atoms with Crippen molar-refractivity contribution in [3.63, 3.8) is 0 Å². The van der Waals surface area contributed by atoms with E-state index in [4.69, 9.17) is 9.47 Å². The minimum atomic E-state index is -3.48. The van der Waals surface area contributed by atoms with Gasteiger partial charge in [-0.15, -0.1) is 11.3 Å². The lowest BCUT2D eigenvalue weighted by molar-refractivity contribution is 0.0764. The van der Waals surface area contributed by atoms with Crippen molar-refractivity contribution in [1.29, 1.82) is 0 Å². The van der Waals surface area contributed by atoms with Crippen LogP contribution in [0.3, 0.4) is 0 Å². The Morgan fingerprint density at radius 1 is 1.22 bits per heavy atom. The van der Waals surface area contributed by atoms with Gasteiger partial charge in [0.05, 0.1) is 6.54 Å². The van der Waals surface area contributed by atoms with Crippen LogP contribution in [0.4, 0.5) is 0 Å². The number of nitrogens with zero attached hydrogens (tertiary/aromatic N) is 1. The van der Waals surface area contributed by atoms with Gasteiger partial charge < -0.3 is 9.47 Å². The summed E-state index contributed by atoms with van der Waals surface area (Å²) in [5, 5.41) is 1.77. The summed E-state index contributed by atoms with van der Waals surface area (Å²) in [4.78, 5) is 0. The highest BCUT2D eigenvalue weighted by Gasteiger charge is 2.30. The van der Waals surface area contributed by atoms with Crippen LogP contribution in [0.15, 0.2) is 46.0 Å². The SMILES string of the molecule is CCCN(C[C@H]1COc2ccccc2O1)S(=O)(=O)c1cccs1. The van der Waals surface area contributed by atoms with Gasteiger partial charge in [-0.1, -0.05) is 25.1 Å². The van der Waals surface area contributed by atoms with E-state index in [1.807, 2.05) is 31.2 Å². The summed E-state index contributed by atoms with van der Waals surface area (Å²) in [5.41, 5.74) is 0. The van der Waals surface area contributed by atoms with Crippen molar-refractivity contribution in [1.82, 2.24) is 4.31 Å². The largest absolute Gasteiger partial charge is 0.486 e. The Morgan fingerprint density at radius 3 is 2.70 bits per heavy atom. The van der Waals surface area contributed by atoms with Gasteiger partial charge in [0.2, 0.25) is 0 Å². The molecule has 23 heavy (non-hydrogen) atoms. The van der Waals surface area contributed by atoms with E-state index < -0.39 is 10.0 Å². The molecule has 0 saturated carbocycles. The standard InChI is InChI=1S/C16H19NO4S2/c1-2-9-17(23(18,19)16-8-5-10-22-16)11-13-12-20-14-6-3-4-7-15(14)21-13/h3-8,10,13H,2,9,11-12H2,1H3/t13-/m0/s1. The Labute approximate surface area is 140 Å². The van der Waals surface area contributed by atoms with Crippen LogP contribution in [-0.4, -0.2) is 38.5 Å². The van der Waals surface area contributed by atoms with Gasteiger partial charge in [-0.25, -0.2) is 8.42 Å². The molecule has 7 heteroatoms. The lowest BCUT2D eigenvalue weighted by Crippen LogP contribution is -2.43. The molecule has 0 spiro atoms. The number of sulfonamides is 1. The fourth-order valence-corrected chi connectivity index (χ4v) is 5.18. The third-order valence-corrected chi connectivity index (χ3v) is 6.78. The van der Waals surface area contributed by atoms with Crippen LogP contribution >= 0.6 is 11.3 Å². The topological polar surface area (TPSA) is 55.8 Å². The van der Waals surface area contributed by atoms with E-state index in [0.717, 1.165) is 6.42 Å². The van der Waals surface area contributed by atoms with Crippen LogP contribution in [0.5, 0.6) is 11.5 Å². The highest BCUT2D eigenvalue weighted by molar-refractivity contribution is 7.91. The predicted molar refractivity (Wildman–Crippen MR) is 89.7 cm³/mol. The molecule has 0 saturated heterocycles. The van der Waals surface area contributed by atoms with E-state index in [2.05, 4.69) is 0 Å². The van der Waals surface area contributed by atoms with Crippen molar-refractivity contribution in [2.45, 2.75) is 23.7 Å². The molecule has 1 atom stereocenters. The van der Waals surface area contributed by atoms with E-state index in [1.165, 1.54) is 15.6 Å². The lowest BCUT2D eigenvalue weighted by atomic mass is 10.2. The first-order chi connectivity index (χ1) is 11.1. The smallest absolute Gasteiger partial charge is 0.252 e. The Hall–Kier alpha value is -1.57. The normalized spacial score (nSPS) is 17.4. The van der Waals surface area contributed by atoms with Gasteiger partial charge in [-0.05, 0) is 30.0 Å². The third kappa shape index (κ3) is 3.52. The molecule has 1 aromatic heterocycles. The van der Waals surface area contributed by atoms with E-state index in [9.17, 15) is 8.42 Å². The summed E-state index contributed by atoms with van der Waals surface area (Å²) in [5.74, 6) is 1.36. The Bertz CT molecular complexity index is 743. The first kappa shape index (κ1) is 16.3. The number of hydrogen-bond donors (Lipinski definition) is 0. The lowest BCUT2D eigenvalue weighted by Gasteiger charge is -2.30. The highest BCUT2D eigenvalue weighted by atomic mass is 32.2. The number of para-hydroxylation sites is 2.